The number of nitrogens with zero attached hydrogens (tertiary/aromatic N) is 3. The number of rotatable bonds is 2. The van der Waals surface area contributed by atoms with Crippen LogP contribution in [0.4, 0.5) is 5.69 Å². The van der Waals surface area contributed by atoms with Crippen LogP contribution in [0.2, 0.25) is 5.02 Å². The van der Waals surface area contributed by atoms with E-state index >= 15 is 0 Å². The Labute approximate surface area is 171 Å². The van der Waals surface area contributed by atoms with Gasteiger partial charge in [-0.2, -0.15) is 8.42 Å². The van der Waals surface area contributed by atoms with E-state index in [2.05, 4.69) is 4.40 Å². The molecule has 2 fully saturated rings. The van der Waals surface area contributed by atoms with Crippen molar-refractivity contribution < 1.29 is 13.2 Å². The molecule has 0 spiro atoms. The molecular formula is C20H26ClN3O3S. The van der Waals surface area contributed by atoms with E-state index in [4.69, 9.17) is 11.6 Å². The fraction of sp³-hybridized carbons (Fsp3) is 0.600. The fourth-order valence-corrected chi connectivity index (χ4v) is 5.99. The van der Waals surface area contributed by atoms with E-state index in [0.29, 0.717) is 29.5 Å². The van der Waals surface area contributed by atoms with Gasteiger partial charge in [0.2, 0.25) is 0 Å². The predicted octanol–water partition coefficient (Wildman–Crippen LogP) is 4.23. The molecule has 1 saturated heterocycles. The molecule has 0 N–H and O–H groups in total. The van der Waals surface area contributed by atoms with Gasteiger partial charge < -0.3 is 9.80 Å². The molecule has 2 heterocycles. The highest BCUT2D eigenvalue weighted by Crippen LogP contribution is 2.38. The molecule has 1 aromatic rings. The maximum Gasteiger partial charge on any atom is 0.286 e. The van der Waals surface area contributed by atoms with Gasteiger partial charge in [-0.25, -0.2) is 0 Å². The van der Waals surface area contributed by atoms with Gasteiger partial charge in [0, 0.05) is 26.1 Å². The quantitative estimate of drug-likeness (QED) is 0.713. The molecule has 1 amide bonds. The molecule has 28 heavy (non-hydrogen) atoms. The highest BCUT2D eigenvalue weighted by atomic mass is 35.5. The summed E-state index contributed by atoms with van der Waals surface area (Å²) < 4.78 is 29.7. The zero-order valence-corrected chi connectivity index (χ0v) is 17.7. The predicted molar refractivity (Wildman–Crippen MR) is 111 cm³/mol. The Hall–Kier alpha value is -1.60. The number of amides is 1. The first-order valence-electron chi connectivity index (χ1n) is 10.1. The summed E-state index contributed by atoms with van der Waals surface area (Å²) in [7, 11) is -2.05. The lowest BCUT2D eigenvalue weighted by atomic mass is 9.94. The molecule has 152 valence electrons. The third kappa shape index (κ3) is 3.54. The standard InChI is InChI=1S/C20H26ClN3O3S/c1-23(14-8-4-2-5-9-14)20(25)15-12-18-17(13-16(15)21)24-11-7-3-6-10-19(24)22-28(18,26)27/h12-14H,2-11H2,1H3. The zero-order valence-electron chi connectivity index (χ0n) is 16.2. The number of sulfonamides is 1. The SMILES string of the molecule is CN(C(=O)c1cc2c(cc1Cl)N1CCCCCC1=NS2(=O)=O)C1CCCCC1. The van der Waals surface area contributed by atoms with E-state index in [0.717, 1.165) is 44.9 Å². The molecule has 1 saturated carbocycles. The van der Waals surface area contributed by atoms with E-state index < -0.39 is 10.0 Å². The summed E-state index contributed by atoms with van der Waals surface area (Å²) in [6.07, 6.45) is 8.96. The Morgan fingerprint density at radius 1 is 1.14 bits per heavy atom. The molecule has 0 atom stereocenters. The normalized spacial score (nSPS) is 21.9. The molecule has 0 bridgehead atoms. The van der Waals surface area contributed by atoms with Crippen molar-refractivity contribution in [3.8, 4) is 0 Å². The first kappa shape index (κ1) is 19.7. The third-order valence-corrected chi connectivity index (χ3v) is 7.76. The highest BCUT2D eigenvalue weighted by Gasteiger charge is 2.34. The highest BCUT2D eigenvalue weighted by molar-refractivity contribution is 7.90. The van der Waals surface area contributed by atoms with Gasteiger partial charge in [0.25, 0.3) is 15.9 Å². The van der Waals surface area contributed by atoms with Crippen LogP contribution >= 0.6 is 11.6 Å². The summed E-state index contributed by atoms with van der Waals surface area (Å²) >= 11 is 6.50. The Morgan fingerprint density at radius 2 is 1.86 bits per heavy atom. The second-order valence-corrected chi connectivity index (χ2v) is 9.93. The lowest BCUT2D eigenvalue weighted by molar-refractivity contribution is 0.0696. The molecule has 0 unspecified atom stereocenters. The summed E-state index contributed by atoms with van der Waals surface area (Å²) in [5.74, 6) is 0.361. The Bertz CT molecular complexity index is 923. The topological polar surface area (TPSA) is 70.1 Å². The van der Waals surface area contributed by atoms with Gasteiger partial charge in [-0.15, -0.1) is 4.40 Å². The van der Waals surface area contributed by atoms with Crippen molar-refractivity contribution in [2.45, 2.75) is 68.7 Å². The van der Waals surface area contributed by atoms with Gasteiger partial charge in [-0.05, 0) is 37.8 Å². The van der Waals surface area contributed by atoms with Crippen LogP contribution in [0.15, 0.2) is 21.4 Å². The number of fused-ring (bicyclic) bond motifs is 3. The number of carbonyl (C=O) groups excluding carboxylic acids is 1. The third-order valence-electron chi connectivity index (χ3n) is 6.11. The molecule has 0 radical (unpaired) electrons. The number of amidine groups is 1. The number of hydrogen-bond acceptors (Lipinski definition) is 4. The summed E-state index contributed by atoms with van der Waals surface area (Å²) in [5, 5.41) is 0.298. The van der Waals surface area contributed by atoms with Gasteiger partial charge >= 0.3 is 0 Å². The average Bonchev–Trinajstić information content (AvgIpc) is 2.92. The Morgan fingerprint density at radius 3 is 2.61 bits per heavy atom. The van der Waals surface area contributed by atoms with Crippen molar-refractivity contribution >= 4 is 39.1 Å². The van der Waals surface area contributed by atoms with E-state index in [1.165, 1.54) is 12.5 Å². The monoisotopic (exact) mass is 423 g/mol. The van der Waals surface area contributed by atoms with Gasteiger partial charge in [0.15, 0.2) is 0 Å². The maximum absolute atomic E-state index is 13.1. The van der Waals surface area contributed by atoms with Gasteiger partial charge in [-0.3, -0.25) is 4.79 Å². The fourth-order valence-electron chi connectivity index (χ4n) is 4.48. The van der Waals surface area contributed by atoms with Gasteiger partial charge in [-0.1, -0.05) is 37.3 Å². The van der Waals surface area contributed by atoms with E-state index in [1.807, 2.05) is 4.90 Å². The molecule has 6 nitrogen and oxygen atoms in total. The number of halogens is 1. The van der Waals surface area contributed by atoms with Gasteiger partial charge in [0.1, 0.15) is 10.7 Å². The minimum Gasteiger partial charge on any atom is -0.339 e. The maximum atomic E-state index is 13.1. The van der Waals surface area contributed by atoms with Crippen LogP contribution < -0.4 is 4.90 Å². The van der Waals surface area contributed by atoms with Crippen molar-refractivity contribution in [1.29, 1.82) is 0 Å². The number of anilines is 1. The minimum atomic E-state index is -3.84. The van der Waals surface area contributed by atoms with Crippen molar-refractivity contribution in [2.75, 3.05) is 18.5 Å². The van der Waals surface area contributed by atoms with Crippen LogP contribution in [0.3, 0.4) is 0 Å². The Kier molecular flexibility index (Phi) is 5.40. The zero-order chi connectivity index (χ0) is 19.9. The first-order chi connectivity index (χ1) is 13.4. The first-order valence-corrected chi connectivity index (χ1v) is 11.9. The van der Waals surface area contributed by atoms with Crippen LogP contribution in [0.1, 0.15) is 68.1 Å². The van der Waals surface area contributed by atoms with E-state index in [1.54, 1.807) is 18.0 Å². The van der Waals surface area contributed by atoms with Crippen LogP contribution in [0.25, 0.3) is 0 Å². The van der Waals surface area contributed by atoms with Crippen LogP contribution in [-0.4, -0.2) is 44.7 Å². The second kappa shape index (κ2) is 7.67. The molecule has 2 aliphatic heterocycles. The number of benzene rings is 1. The van der Waals surface area contributed by atoms with E-state index in [9.17, 15) is 13.2 Å². The number of hydrogen-bond donors (Lipinski definition) is 0. The molecule has 0 aromatic heterocycles. The second-order valence-electron chi connectivity index (χ2n) is 7.95. The minimum absolute atomic E-state index is 0.0861. The van der Waals surface area contributed by atoms with Crippen molar-refractivity contribution in [3.05, 3.63) is 22.7 Å². The van der Waals surface area contributed by atoms with Gasteiger partial charge in [0.05, 0.1) is 16.3 Å². The van der Waals surface area contributed by atoms with Crippen LogP contribution in [0, 0.1) is 0 Å². The van der Waals surface area contributed by atoms with Crippen molar-refractivity contribution in [2.24, 2.45) is 4.40 Å². The summed E-state index contributed by atoms with van der Waals surface area (Å²) in [4.78, 5) is 16.9. The summed E-state index contributed by atoms with van der Waals surface area (Å²) in [6, 6.07) is 3.25. The van der Waals surface area contributed by atoms with Crippen LogP contribution in [-0.2, 0) is 10.0 Å². The number of carbonyl (C=O) groups is 1. The smallest absolute Gasteiger partial charge is 0.286 e. The molecule has 1 aliphatic carbocycles. The molecule has 4 rings (SSSR count). The van der Waals surface area contributed by atoms with E-state index in [-0.39, 0.29) is 22.4 Å². The lowest BCUT2D eigenvalue weighted by Gasteiger charge is -2.33. The largest absolute Gasteiger partial charge is 0.339 e. The molecule has 3 aliphatic rings. The summed E-state index contributed by atoms with van der Waals surface area (Å²) in [5.41, 5.74) is 0.791. The molecular weight excluding hydrogens is 398 g/mol. The van der Waals surface area contributed by atoms with Crippen molar-refractivity contribution in [1.82, 2.24) is 4.90 Å². The average molecular weight is 424 g/mol. The molecule has 8 heteroatoms. The lowest BCUT2D eigenvalue weighted by Crippen LogP contribution is -2.39. The molecule has 1 aromatic carbocycles. The van der Waals surface area contributed by atoms with Crippen molar-refractivity contribution in [3.63, 3.8) is 0 Å². The van der Waals surface area contributed by atoms with Crippen LogP contribution in [0.5, 0.6) is 0 Å². The summed E-state index contributed by atoms with van der Waals surface area (Å²) in [6.45, 7) is 0.715. The Balaban J connectivity index is 1.73.